The van der Waals surface area contributed by atoms with E-state index in [1.165, 1.54) is 12.1 Å². The molecule has 2 N–H and O–H groups in total. The lowest BCUT2D eigenvalue weighted by Crippen LogP contribution is -2.45. The van der Waals surface area contributed by atoms with Crippen LogP contribution in [0.1, 0.15) is 12.0 Å². The molecule has 1 saturated heterocycles. The predicted octanol–water partition coefficient (Wildman–Crippen LogP) is 2.05. The summed E-state index contributed by atoms with van der Waals surface area (Å²) in [6.45, 7) is 0.431. The molecule has 1 aromatic rings. The molecule has 1 aromatic carbocycles. The molecule has 1 aliphatic heterocycles. The number of alkyl halides is 3. The molecule has 0 aromatic heterocycles. The maximum Gasteiger partial charge on any atom is 0.416 e. The van der Waals surface area contributed by atoms with Crippen molar-refractivity contribution in [2.75, 3.05) is 31.7 Å². The molecule has 148 valence electrons. The summed E-state index contributed by atoms with van der Waals surface area (Å²) < 4.78 is 66.0. The molecule has 6 nitrogen and oxygen atoms in total. The second kappa shape index (κ2) is 9.62. The Bertz CT molecular complexity index is 726. The number of nitrogens with zero attached hydrogens (tertiary/aromatic N) is 1. The third-order valence-electron chi connectivity index (χ3n) is 3.62. The Balaban J connectivity index is 0.00000338. The van der Waals surface area contributed by atoms with Crippen molar-refractivity contribution in [2.24, 2.45) is 4.99 Å². The molecule has 0 bridgehead atoms. The van der Waals surface area contributed by atoms with Crippen LogP contribution in [0.3, 0.4) is 0 Å². The number of aliphatic imine (C=N–C) groups is 1. The normalized spacial score (nSPS) is 19.5. The third kappa shape index (κ3) is 7.17. The van der Waals surface area contributed by atoms with Crippen molar-refractivity contribution in [3.63, 3.8) is 0 Å². The minimum atomic E-state index is -4.41. The maximum absolute atomic E-state index is 12.6. The number of hydrogen-bond acceptors (Lipinski definition) is 4. The van der Waals surface area contributed by atoms with Crippen molar-refractivity contribution in [1.82, 2.24) is 10.6 Å². The molecule has 1 atom stereocenters. The van der Waals surface area contributed by atoms with E-state index in [9.17, 15) is 21.6 Å². The first-order valence-electron chi connectivity index (χ1n) is 7.67. The standard InChI is InChI=1S/C15H20F3N3O3S.HI/c1-19-14(21-12-5-8-25(22,23)10-12)20-6-7-24-13-4-2-3-11(9-13)15(16,17)18;/h2-4,9,12H,5-8,10H2,1H3,(H2,19,20,21);1H. The number of hydrogen-bond donors (Lipinski definition) is 2. The zero-order valence-electron chi connectivity index (χ0n) is 14.0. The predicted molar refractivity (Wildman–Crippen MR) is 104 cm³/mol. The topological polar surface area (TPSA) is 79.8 Å². The highest BCUT2D eigenvalue weighted by Crippen LogP contribution is 2.31. The van der Waals surface area contributed by atoms with Crippen LogP contribution in [-0.4, -0.2) is 52.1 Å². The van der Waals surface area contributed by atoms with Gasteiger partial charge in [-0.2, -0.15) is 13.2 Å². The molecule has 1 fully saturated rings. The second-order valence-corrected chi connectivity index (χ2v) is 7.85. The van der Waals surface area contributed by atoms with Crippen LogP contribution in [0.25, 0.3) is 0 Å². The van der Waals surface area contributed by atoms with Gasteiger partial charge in [0.1, 0.15) is 12.4 Å². The van der Waals surface area contributed by atoms with Crippen LogP contribution in [0.4, 0.5) is 13.2 Å². The molecule has 1 aliphatic rings. The minimum absolute atomic E-state index is 0. The van der Waals surface area contributed by atoms with Gasteiger partial charge in [0.15, 0.2) is 15.8 Å². The van der Waals surface area contributed by atoms with Gasteiger partial charge in [-0.05, 0) is 24.6 Å². The van der Waals surface area contributed by atoms with Crippen molar-refractivity contribution < 1.29 is 26.3 Å². The van der Waals surface area contributed by atoms with E-state index in [1.807, 2.05) is 0 Å². The summed E-state index contributed by atoms with van der Waals surface area (Å²) in [5.74, 6) is 0.769. The van der Waals surface area contributed by atoms with E-state index in [4.69, 9.17) is 4.74 Å². The van der Waals surface area contributed by atoms with E-state index >= 15 is 0 Å². The fourth-order valence-electron chi connectivity index (χ4n) is 2.40. The van der Waals surface area contributed by atoms with Crippen LogP contribution >= 0.6 is 24.0 Å². The molecule has 2 rings (SSSR count). The van der Waals surface area contributed by atoms with Gasteiger partial charge in [0.05, 0.1) is 23.6 Å². The minimum Gasteiger partial charge on any atom is -0.492 e. The highest BCUT2D eigenvalue weighted by molar-refractivity contribution is 14.0. The highest BCUT2D eigenvalue weighted by atomic mass is 127. The maximum atomic E-state index is 12.6. The monoisotopic (exact) mass is 507 g/mol. The van der Waals surface area contributed by atoms with Crippen LogP contribution in [0.15, 0.2) is 29.3 Å². The molecular formula is C15H21F3IN3O3S. The van der Waals surface area contributed by atoms with Crippen molar-refractivity contribution in [3.8, 4) is 5.75 Å². The molecule has 26 heavy (non-hydrogen) atoms. The Kier molecular flexibility index (Phi) is 8.44. The zero-order chi connectivity index (χ0) is 18.5. The number of guanidine groups is 1. The first-order valence-corrected chi connectivity index (χ1v) is 9.49. The van der Waals surface area contributed by atoms with E-state index in [0.29, 0.717) is 18.9 Å². The van der Waals surface area contributed by atoms with Crippen LogP contribution in [0.5, 0.6) is 5.75 Å². The number of benzene rings is 1. The van der Waals surface area contributed by atoms with Gasteiger partial charge in [0.25, 0.3) is 0 Å². The Morgan fingerprint density at radius 2 is 2.12 bits per heavy atom. The molecule has 0 spiro atoms. The SMILES string of the molecule is CN=C(NCCOc1cccc(C(F)(F)F)c1)NC1CCS(=O)(=O)C1.I. The Morgan fingerprint density at radius 1 is 1.38 bits per heavy atom. The molecule has 0 aliphatic carbocycles. The summed E-state index contributed by atoms with van der Waals surface area (Å²) in [6.07, 6.45) is -3.89. The van der Waals surface area contributed by atoms with Crippen LogP contribution in [-0.2, 0) is 16.0 Å². The van der Waals surface area contributed by atoms with Gasteiger partial charge < -0.3 is 15.4 Å². The fourth-order valence-corrected chi connectivity index (χ4v) is 4.07. The summed E-state index contributed by atoms with van der Waals surface area (Å²) in [5, 5.41) is 5.94. The van der Waals surface area contributed by atoms with E-state index in [2.05, 4.69) is 15.6 Å². The summed E-state index contributed by atoms with van der Waals surface area (Å²) >= 11 is 0. The second-order valence-electron chi connectivity index (χ2n) is 5.62. The lowest BCUT2D eigenvalue weighted by atomic mass is 10.2. The van der Waals surface area contributed by atoms with Gasteiger partial charge in [-0.3, -0.25) is 4.99 Å². The molecule has 1 unspecified atom stereocenters. The Hall–Kier alpha value is -1.24. The van der Waals surface area contributed by atoms with Crippen molar-refractivity contribution in [3.05, 3.63) is 29.8 Å². The highest BCUT2D eigenvalue weighted by Gasteiger charge is 2.30. The van der Waals surface area contributed by atoms with Crippen LogP contribution < -0.4 is 15.4 Å². The van der Waals surface area contributed by atoms with Crippen LogP contribution in [0.2, 0.25) is 0 Å². The van der Waals surface area contributed by atoms with Gasteiger partial charge in [0, 0.05) is 13.1 Å². The third-order valence-corrected chi connectivity index (χ3v) is 5.39. The summed E-state index contributed by atoms with van der Waals surface area (Å²) in [7, 11) is -1.44. The van der Waals surface area contributed by atoms with E-state index < -0.39 is 21.6 Å². The van der Waals surface area contributed by atoms with Gasteiger partial charge >= 0.3 is 6.18 Å². The average Bonchev–Trinajstić information content (AvgIpc) is 2.88. The molecule has 11 heteroatoms. The number of rotatable bonds is 5. The summed E-state index contributed by atoms with van der Waals surface area (Å²) in [6, 6.07) is 4.46. The van der Waals surface area contributed by atoms with Crippen molar-refractivity contribution in [1.29, 1.82) is 0 Å². The number of ether oxygens (including phenoxy) is 1. The van der Waals surface area contributed by atoms with Gasteiger partial charge in [-0.1, -0.05) is 6.07 Å². The Morgan fingerprint density at radius 3 is 2.69 bits per heavy atom. The van der Waals surface area contributed by atoms with E-state index in [-0.39, 0.29) is 53.9 Å². The zero-order valence-corrected chi connectivity index (χ0v) is 17.2. The quantitative estimate of drug-likeness (QED) is 0.276. The van der Waals surface area contributed by atoms with Crippen LogP contribution in [0, 0.1) is 0 Å². The fraction of sp³-hybridized carbons (Fsp3) is 0.533. The molecule has 1 heterocycles. The first kappa shape index (κ1) is 22.8. The lowest BCUT2D eigenvalue weighted by Gasteiger charge is -2.16. The largest absolute Gasteiger partial charge is 0.492 e. The van der Waals surface area contributed by atoms with Gasteiger partial charge in [0.2, 0.25) is 0 Å². The lowest BCUT2D eigenvalue weighted by molar-refractivity contribution is -0.137. The van der Waals surface area contributed by atoms with E-state index in [1.54, 1.807) is 7.05 Å². The molecule has 0 saturated carbocycles. The van der Waals surface area contributed by atoms with Crippen molar-refractivity contribution in [2.45, 2.75) is 18.6 Å². The molecule has 0 radical (unpaired) electrons. The van der Waals surface area contributed by atoms with Gasteiger partial charge in [-0.25, -0.2) is 8.42 Å². The average molecular weight is 507 g/mol. The van der Waals surface area contributed by atoms with Crippen molar-refractivity contribution >= 4 is 39.8 Å². The Labute approximate surface area is 167 Å². The summed E-state index contributed by atoms with van der Waals surface area (Å²) in [4.78, 5) is 3.99. The number of nitrogens with one attached hydrogen (secondary N) is 2. The van der Waals surface area contributed by atoms with Gasteiger partial charge in [-0.15, -0.1) is 24.0 Å². The van der Waals surface area contributed by atoms with E-state index in [0.717, 1.165) is 12.1 Å². The summed E-state index contributed by atoms with van der Waals surface area (Å²) in [5.41, 5.74) is -0.766. The first-order chi connectivity index (χ1) is 11.7. The number of sulfone groups is 1. The molecule has 0 amide bonds. The smallest absolute Gasteiger partial charge is 0.416 e. The molecular weight excluding hydrogens is 486 g/mol. The number of halogens is 4.